The van der Waals surface area contributed by atoms with Crippen LogP contribution in [0.4, 0.5) is 5.69 Å². The molecule has 0 spiro atoms. The van der Waals surface area contributed by atoms with E-state index < -0.39 is 22.0 Å². The topological polar surface area (TPSA) is 86.8 Å². The van der Waals surface area contributed by atoms with Crippen molar-refractivity contribution in [3.05, 3.63) is 64.7 Å². The second kappa shape index (κ2) is 12.2. The molecule has 0 unspecified atom stereocenters. The van der Waals surface area contributed by atoms with E-state index in [0.29, 0.717) is 12.1 Å². The maximum atomic E-state index is 13.8. The van der Waals surface area contributed by atoms with Gasteiger partial charge in [0, 0.05) is 12.6 Å². The summed E-state index contributed by atoms with van der Waals surface area (Å²) in [6.07, 6.45) is 2.27. The number of carbonyl (C=O) groups excluding carboxylic acids is 2. The highest BCUT2D eigenvalue weighted by atomic mass is 32.2. The van der Waals surface area contributed by atoms with Crippen LogP contribution in [0.1, 0.15) is 55.9 Å². The third kappa shape index (κ3) is 7.56. The summed E-state index contributed by atoms with van der Waals surface area (Å²) in [6, 6.07) is 12.4. The second-order valence-electron chi connectivity index (χ2n) is 9.25. The van der Waals surface area contributed by atoms with E-state index in [4.69, 9.17) is 0 Å². The summed E-state index contributed by atoms with van der Waals surface area (Å²) in [7, 11) is -3.75. The molecular weight excluding hydrogens is 462 g/mol. The molecule has 2 aromatic rings. The van der Waals surface area contributed by atoms with Crippen LogP contribution in [0.2, 0.25) is 0 Å². The largest absolute Gasteiger partial charge is 0.352 e. The molecule has 0 saturated carbocycles. The fourth-order valence-electron chi connectivity index (χ4n) is 4.01. The summed E-state index contributed by atoms with van der Waals surface area (Å²) < 4.78 is 26.7. The van der Waals surface area contributed by atoms with E-state index in [2.05, 4.69) is 5.32 Å². The van der Waals surface area contributed by atoms with Crippen molar-refractivity contribution in [3.63, 3.8) is 0 Å². The first-order valence-corrected chi connectivity index (χ1v) is 13.9. The van der Waals surface area contributed by atoms with E-state index in [1.807, 2.05) is 77.9 Å². The van der Waals surface area contributed by atoms with Crippen LogP contribution in [0.15, 0.2) is 42.5 Å². The molecule has 0 aliphatic heterocycles. The van der Waals surface area contributed by atoms with E-state index in [1.54, 1.807) is 6.07 Å². The Hall–Kier alpha value is -2.87. The Labute approximate surface area is 210 Å². The maximum absolute atomic E-state index is 13.8. The van der Waals surface area contributed by atoms with Crippen LogP contribution in [-0.4, -0.2) is 50.0 Å². The Morgan fingerprint density at radius 3 is 2.17 bits per heavy atom. The molecule has 2 rings (SSSR count). The average molecular weight is 502 g/mol. The van der Waals surface area contributed by atoms with Crippen molar-refractivity contribution >= 4 is 27.5 Å². The summed E-state index contributed by atoms with van der Waals surface area (Å²) in [5.74, 6) is -0.661. The van der Waals surface area contributed by atoms with Gasteiger partial charge in [-0.05, 0) is 63.3 Å². The van der Waals surface area contributed by atoms with Crippen molar-refractivity contribution < 1.29 is 18.0 Å². The molecule has 1 N–H and O–H groups in total. The summed E-state index contributed by atoms with van der Waals surface area (Å²) in [5, 5.41) is 2.98. The van der Waals surface area contributed by atoms with Gasteiger partial charge in [-0.25, -0.2) is 8.42 Å². The Balaban J connectivity index is 2.49. The van der Waals surface area contributed by atoms with Crippen molar-refractivity contribution in [3.8, 4) is 0 Å². The molecule has 35 heavy (non-hydrogen) atoms. The maximum Gasteiger partial charge on any atom is 0.244 e. The van der Waals surface area contributed by atoms with Gasteiger partial charge in [-0.15, -0.1) is 0 Å². The molecule has 0 aromatic heterocycles. The standard InChI is InChI=1S/C27H39N3O4S/c1-8-22(6)28-27(32)24(9-2)29(17-23-13-11-10-12-20(23)4)26(31)18-30(35(7,33)34)25-15-14-19(3)16-21(25)5/h10-16,22,24H,8-9,17-18H2,1-7H3,(H,28,32)/t22-,24-/m0/s1. The number of carbonyl (C=O) groups is 2. The number of anilines is 1. The average Bonchev–Trinajstić information content (AvgIpc) is 2.78. The lowest BCUT2D eigenvalue weighted by molar-refractivity contribution is -0.140. The van der Waals surface area contributed by atoms with Gasteiger partial charge in [0.2, 0.25) is 21.8 Å². The monoisotopic (exact) mass is 501 g/mol. The van der Waals surface area contributed by atoms with Crippen molar-refractivity contribution in [1.29, 1.82) is 0 Å². The number of amides is 2. The molecule has 7 nitrogen and oxygen atoms in total. The van der Waals surface area contributed by atoms with Gasteiger partial charge in [0.1, 0.15) is 12.6 Å². The number of nitrogens with zero attached hydrogens (tertiary/aromatic N) is 2. The molecule has 0 fully saturated rings. The highest BCUT2D eigenvalue weighted by Crippen LogP contribution is 2.24. The fourth-order valence-corrected chi connectivity index (χ4v) is 4.92. The first-order chi connectivity index (χ1) is 16.4. The molecule has 8 heteroatoms. The van der Waals surface area contributed by atoms with Crippen LogP contribution in [0, 0.1) is 20.8 Å². The van der Waals surface area contributed by atoms with E-state index >= 15 is 0 Å². The van der Waals surface area contributed by atoms with E-state index in [-0.39, 0.29) is 25.0 Å². The number of aryl methyl sites for hydroxylation is 3. The minimum Gasteiger partial charge on any atom is -0.352 e. The second-order valence-corrected chi connectivity index (χ2v) is 11.2. The third-order valence-electron chi connectivity index (χ3n) is 6.29. The van der Waals surface area contributed by atoms with Crippen molar-refractivity contribution in [2.24, 2.45) is 0 Å². The van der Waals surface area contributed by atoms with Crippen LogP contribution >= 0.6 is 0 Å². The molecular formula is C27H39N3O4S. The molecule has 2 aromatic carbocycles. The van der Waals surface area contributed by atoms with Crippen LogP contribution in [-0.2, 0) is 26.2 Å². The minimum absolute atomic E-state index is 0.0327. The highest BCUT2D eigenvalue weighted by Gasteiger charge is 2.32. The SMILES string of the molecule is CC[C@H](C)NC(=O)[C@H](CC)N(Cc1ccccc1C)C(=O)CN(c1ccc(C)cc1C)S(C)(=O)=O. The molecule has 192 valence electrons. The van der Waals surface area contributed by atoms with Crippen molar-refractivity contribution in [2.75, 3.05) is 17.1 Å². The fraction of sp³-hybridized carbons (Fsp3) is 0.481. The molecule has 0 heterocycles. The van der Waals surface area contributed by atoms with Crippen LogP contribution < -0.4 is 9.62 Å². The Bertz CT molecular complexity index is 1150. The van der Waals surface area contributed by atoms with E-state index in [1.165, 1.54) is 4.90 Å². The van der Waals surface area contributed by atoms with Gasteiger partial charge in [-0.3, -0.25) is 13.9 Å². The molecule has 2 amide bonds. The Morgan fingerprint density at radius 2 is 1.63 bits per heavy atom. The Kier molecular flexibility index (Phi) is 9.89. The number of sulfonamides is 1. The number of hydrogen-bond acceptors (Lipinski definition) is 4. The molecule has 0 aliphatic carbocycles. The normalized spacial score (nSPS) is 13.1. The van der Waals surface area contributed by atoms with Gasteiger partial charge in [-0.1, -0.05) is 55.8 Å². The summed E-state index contributed by atoms with van der Waals surface area (Å²) in [4.78, 5) is 28.5. The van der Waals surface area contributed by atoms with Crippen LogP contribution in [0.25, 0.3) is 0 Å². The Morgan fingerprint density at radius 1 is 0.971 bits per heavy atom. The first-order valence-electron chi connectivity index (χ1n) is 12.1. The summed E-state index contributed by atoms with van der Waals surface area (Å²) in [5.41, 5.74) is 4.12. The van der Waals surface area contributed by atoms with Gasteiger partial charge in [0.15, 0.2) is 0 Å². The van der Waals surface area contributed by atoms with E-state index in [0.717, 1.165) is 39.2 Å². The zero-order valence-corrected chi connectivity index (χ0v) is 22.8. The van der Waals surface area contributed by atoms with Crippen molar-refractivity contribution in [1.82, 2.24) is 10.2 Å². The number of hydrogen-bond donors (Lipinski definition) is 1. The lowest BCUT2D eigenvalue weighted by atomic mass is 10.1. The van der Waals surface area contributed by atoms with Gasteiger partial charge in [0.25, 0.3) is 0 Å². The van der Waals surface area contributed by atoms with Crippen LogP contribution in [0.3, 0.4) is 0 Å². The lowest BCUT2D eigenvalue weighted by Crippen LogP contribution is -2.53. The van der Waals surface area contributed by atoms with Crippen molar-refractivity contribution in [2.45, 2.75) is 73.0 Å². The number of benzene rings is 2. The predicted octanol–water partition coefficient (Wildman–Crippen LogP) is 4.10. The molecule has 0 saturated heterocycles. The summed E-state index contributed by atoms with van der Waals surface area (Å²) >= 11 is 0. The number of rotatable bonds is 11. The zero-order chi connectivity index (χ0) is 26.3. The van der Waals surface area contributed by atoms with Gasteiger partial charge < -0.3 is 10.2 Å². The van der Waals surface area contributed by atoms with Gasteiger partial charge in [0.05, 0.1) is 11.9 Å². The first kappa shape index (κ1) is 28.4. The smallest absolute Gasteiger partial charge is 0.244 e. The zero-order valence-electron chi connectivity index (χ0n) is 22.0. The molecule has 0 bridgehead atoms. The minimum atomic E-state index is -3.75. The molecule has 2 atom stereocenters. The number of nitrogens with one attached hydrogen (secondary N) is 1. The summed E-state index contributed by atoms with van der Waals surface area (Å²) in [6.45, 7) is 11.3. The molecule has 0 aliphatic rings. The third-order valence-corrected chi connectivity index (χ3v) is 7.42. The van der Waals surface area contributed by atoms with Gasteiger partial charge in [-0.2, -0.15) is 0 Å². The van der Waals surface area contributed by atoms with Gasteiger partial charge >= 0.3 is 0 Å². The van der Waals surface area contributed by atoms with E-state index in [9.17, 15) is 18.0 Å². The lowest BCUT2D eigenvalue weighted by Gasteiger charge is -2.34. The quantitative estimate of drug-likeness (QED) is 0.502. The molecule has 0 radical (unpaired) electrons. The highest BCUT2D eigenvalue weighted by molar-refractivity contribution is 7.92. The van der Waals surface area contributed by atoms with Crippen LogP contribution in [0.5, 0.6) is 0 Å². The predicted molar refractivity (Wildman–Crippen MR) is 142 cm³/mol.